The Balaban J connectivity index is 1.55. The Labute approximate surface area is 213 Å². The summed E-state index contributed by atoms with van der Waals surface area (Å²) in [5.41, 5.74) is 4.55. The first kappa shape index (κ1) is 21.0. The van der Waals surface area contributed by atoms with Crippen LogP contribution in [0, 0.1) is 6.92 Å². The van der Waals surface area contributed by atoms with E-state index in [1.54, 1.807) is 16.9 Å². The molecule has 3 aromatic heterocycles. The summed E-state index contributed by atoms with van der Waals surface area (Å²) >= 11 is 3.51. The maximum atomic E-state index is 13.4. The Morgan fingerprint density at radius 2 is 1.72 bits per heavy atom. The molecular weight excluding hydrogens is 520 g/mol. The molecule has 1 atom stereocenters. The van der Waals surface area contributed by atoms with Gasteiger partial charge in [0.15, 0.2) is 17.2 Å². The van der Waals surface area contributed by atoms with Crippen molar-refractivity contribution in [2.24, 2.45) is 0 Å². The van der Waals surface area contributed by atoms with Crippen LogP contribution in [0.15, 0.2) is 92.8 Å². The molecule has 0 fully saturated rings. The predicted molar refractivity (Wildman–Crippen MR) is 139 cm³/mol. The second-order valence-corrected chi connectivity index (χ2v) is 9.61. The third-order valence-corrected chi connectivity index (χ3v) is 7.08. The number of nitrogens with zero attached hydrogens (tertiary/aromatic N) is 4. The van der Waals surface area contributed by atoms with Crippen LogP contribution in [-0.2, 0) is 0 Å². The van der Waals surface area contributed by atoms with Crippen molar-refractivity contribution in [3.8, 4) is 23.0 Å². The molecule has 1 unspecified atom stereocenters. The van der Waals surface area contributed by atoms with Gasteiger partial charge in [-0.15, -0.1) is 5.10 Å². The number of ether oxygens (including phenoxy) is 1. The van der Waals surface area contributed by atoms with Crippen molar-refractivity contribution in [2.45, 2.75) is 12.8 Å². The lowest BCUT2D eigenvalue weighted by Crippen LogP contribution is -2.22. The van der Waals surface area contributed by atoms with Gasteiger partial charge in [-0.1, -0.05) is 64.5 Å². The molecule has 3 aromatic carbocycles. The zero-order chi connectivity index (χ0) is 24.4. The molecule has 0 spiro atoms. The van der Waals surface area contributed by atoms with E-state index in [4.69, 9.17) is 19.2 Å². The third kappa shape index (κ3) is 3.11. The molecule has 0 saturated carbocycles. The molecule has 7 nitrogen and oxygen atoms in total. The van der Waals surface area contributed by atoms with E-state index in [-0.39, 0.29) is 0 Å². The SMILES string of the molecule is Cc1ccccc1-c1nc2c3c(ncn2n1)Oc1c(c(=O)oc2ccccc12)C3c1ccc(Br)cc1. The highest BCUT2D eigenvalue weighted by Gasteiger charge is 2.37. The number of benzene rings is 3. The fourth-order valence-electron chi connectivity index (χ4n) is 4.86. The molecule has 0 amide bonds. The fraction of sp³-hybridized carbons (Fsp3) is 0.0714. The van der Waals surface area contributed by atoms with Crippen molar-refractivity contribution in [3.63, 3.8) is 0 Å². The second kappa shape index (κ2) is 7.86. The average Bonchev–Trinajstić information content (AvgIpc) is 3.33. The lowest BCUT2D eigenvalue weighted by molar-refractivity contribution is 0.422. The molecule has 0 aliphatic carbocycles. The summed E-state index contributed by atoms with van der Waals surface area (Å²) in [6.45, 7) is 2.02. The molecular formula is C28H17BrN4O3. The van der Waals surface area contributed by atoms with Crippen LogP contribution >= 0.6 is 15.9 Å². The van der Waals surface area contributed by atoms with Gasteiger partial charge in [0.1, 0.15) is 11.9 Å². The Kier molecular flexibility index (Phi) is 4.59. The number of rotatable bonds is 2. The first-order valence-corrected chi connectivity index (χ1v) is 12.2. The second-order valence-electron chi connectivity index (χ2n) is 8.70. The average molecular weight is 537 g/mol. The monoisotopic (exact) mass is 536 g/mol. The lowest BCUT2D eigenvalue weighted by atomic mass is 9.84. The van der Waals surface area contributed by atoms with E-state index in [0.717, 1.165) is 21.2 Å². The maximum Gasteiger partial charge on any atom is 0.344 e. The normalized spacial score (nSPS) is 14.4. The highest BCUT2D eigenvalue weighted by molar-refractivity contribution is 9.10. The molecule has 0 radical (unpaired) electrons. The molecule has 36 heavy (non-hydrogen) atoms. The minimum Gasteiger partial charge on any atom is -0.437 e. The van der Waals surface area contributed by atoms with Crippen molar-refractivity contribution < 1.29 is 9.15 Å². The summed E-state index contributed by atoms with van der Waals surface area (Å²) in [7, 11) is 0. The zero-order valence-electron chi connectivity index (χ0n) is 19.0. The summed E-state index contributed by atoms with van der Waals surface area (Å²) in [5, 5.41) is 5.41. The van der Waals surface area contributed by atoms with E-state index >= 15 is 0 Å². The first-order chi connectivity index (χ1) is 17.6. The van der Waals surface area contributed by atoms with Gasteiger partial charge in [-0.25, -0.2) is 19.3 Å². The highest BCUT2D eigenvalue weighted by atomic mass is 79.9. The predicted octanol–water partition coefficient (Wildman–Crippen LogP) is 6.25. The fourth-order valence-corrected chi connectivity index (χ4v) is 5.12. The van der Waals surface area contributed by atoms with Crippen LogP contribution in [0.4, 0.5) is 0 Å². The van der Waals surface area contributed by atoms with Crippen LogP contribution in [0.3, 0.4) is 0 Å². The molecule has 7 rings (SSSR count). The summed E-state index contributed by atoms with van der Waals surface area (Å²) < 4.78 is 14.7. The number of para-hydroxylation sites is 1. The first-order valence-electron chi connectivity index (χ1n) is 11.4. The van der Waals surface area contributed by atoms with Crippen molar-refractivity contribution in [3.05, 3.63) is 116 Å². The molecule has 0 bridgehead atoms. The highest BCUT2D eigenvalue weighted by Crippen LogP contribution is 2.48. The largest absolute Gasteiger partial charge is 0.437 e. The summed E-state index contributed by atoms with van der Waals surface area (Å²) in [6.07, 6.45) is 1.60. The minimum absolute atomic E-state index is 0.391. The molecule has 0 N–H and O–H groups in total. The van der Waals surface area contributed by atoms with Gasteiger partial charge in [-0.2, -0.15) is 0 Å². The van der Waals surface area contributed by atoms with Crippen molar-refractivity contribution in [2.75, 3.05) is 0 Å². The Morgan fingerprint density at radius 1 is 0.944 bits per heavy atom. The van der Waals surface area contributed by atoms with Crippen molar-refractivity contribution in [1.29, 1.82) is 0 Å². The quantitative estimate of drug-likeness (QED) is 0.243. The van der Waals surface area contributed by atoms with Gasteiger partial charge in [0.05, 0.1) is 22.4 Å². The van der Waals surface area contributed by atoms with Crippen LogP contribution in [0.2, 0.25) is 0 Å². The molecule has 1 aliphatic rings. The Bertz CT molecular complexity index is 1880. The number of fused-ring (bicyclic) bond motifs is 6. The smallest absolute Gasteiger partial charge is 0.344 e. The van der Waals surface area contributed by atoms with E-state index in [9.17, 15) is 4.79 Å². The number of aromatic nitrogens is 4. The maximum absolute atomic E-state index is 13.4. The standard InChI is InChI=1S/C28H17BrN4O3/c1-15-6-2-3-7-18(15)25-31-26-23-21(16-10-12-17(29)13-11-16)22-24(36-27(23)30-14-33(26)32-25)19-8-4-5-9-20(19)35-28(22)34/h2-14,21H,1H3. The van der Waals surface area contributed by atoms with Gasteiger partial charge in [0.2, 0.25) is 5.88 Å². The van der Waals surface area contributed by atoms with Gasteiger partial charge < -0.3 is 9.15 Å². The molecule has 174 valence electrons. The molecule has 0 saturated heterocycles. The number of aryl methyl sites for hydroxylation is 1. The molecule has 1 aliphatic heterocycles. The summed E-state index contributed by atoms with van der Waals surface area (Å²) in [4.78, 5) is 22.9. The van der Waals surface area contributed by atoms with Crippen molar-refractivity contribution >= 4 is 32.5 Å². The van der Waals surface area contributed by atoms with Crippen LogP contribution in [0.5, 0.6) is 11.6 Å². The van der Waals surface area contributed by atoms with E-state index in [1.807, 2.05) is 73.7 Å². The van der Waals surface area contributed by atoms with Gasteiger partial charge in [-0.3, -0.25) is 0 Å². The van der Waals surface area contributed by atoms with Gasteiger partial charge >= 0.3 is 5.63 Å². The van der Waals surface area contributed by atoms with Gasteiger partial charge in [-0.05, 0) is 42.3 Å². The lowest BCUT2D eigenvalue weighted by Gasteiger charge is -2.27. The van der Waals surface area contributed by atoms with E-state index in [2.05, 4.69) is 20.9 Å². The van der Waals surface area contributed by atoms with Gasteiger partial charge in [0.25, 0.3) is 0 Å². The molecule has 6 aromatic rings. The van der Waals surface area contributed by atoms with Crippen LogP contribution in [0.1, 0.15) is 28.2 Å². The van der Waals surface area contributed by atoms with E-state index in [0.29, 0.717) is 45.2 Å². The van der Waals surface area contributed by atoms with E-state index in [1.165, 1.54) is 0 Å². The third-order valence-electron chi connectivity index (χ3n) is 6.55. The summed E-state index contributed by atoms with van der Waals surface area (Å²) in [5.74, 6) is 0.914. The molecule has 4 heterocycles. The topological polar surface area (TPSA) is 82.5 Å². The number of hydrogen-bond donors (Lipinski definition) is 0. The Morgan fingerprint density at radius 3 is 2.56 bits per heavy atom. The zero-order valence-corrected chi connectivity index (χ0v) is 20.6. The van der Waals surface area contributed by atoms with Crippen molar-refractivity contribution in [1.82, 2.24) is 19.6 Å². The molecule has 8 heteroatoms. The van der Waals surface area contributed by atoms with Gasteiger partial charge in [0, 0.05) is 10.0 Å². The number of hydrogen-bond acceptors (Lipinski definition) is 6. The Hall–Kier alpha value is -4.30. The number of halogens is 1. The van der Waals surface area contributed by atoms with Crippen LogP contribution in [0.25, 0.3) is 28.0 Å². The van der Waals surface area contributed by atoms with Crippen LogP contribution < -0.4 is 10.4 Å². The van der Waals surface area contributed by atoms with E-state index < -0.39 is 11.5 Å². The summed E-state index contributed by atoms with van der Waals surface area (Å²) in [6, 6.07) is 23.2. The minimum atomic E-state index is -0.511. The van der Waals surface area contributed by atoms with Crippen LogP contribution in [-0.4, -0.2) is 19.6 Å².